The maximum absolute atomic E-state index is 12.1. The van der Waals surface area contributed by atoms with Crippen LogP contribution in [-0.4, -0.2) is 19.1 Å². The lowest BCUT2D eigenvalue weighted by molar-refractivity contribution is -0.114. The van der Waals surface area contributed by atoms with Crippen molar-refractivity contribution in [1.82, 2.24) is 0 Å². The van der Waals surface area contributed by atoms with Crippen molar-refractivity contribution in [1.29, 1.82) is 0 Å². The van der Waals surface area contributed by atoms with Crippen molar-refractivity contribution < 1.29 is 9.53 Å². The van der Waals surface area contributed by atoms with Gasteiger partial charge in [0.25, 0.3) is 0 Å². The van der Waals surface area contributed by atoms with Crippen LogP contribution in [0, 0.1) is 0 Å². The molecular weight excluding hydrogens is 322 g/mol. The Labute approximate surface area is 155 Å². The molecule has 0 fully saturated rings. The number of hydrogen-bond donors (Lipinski definition) is 1. The molecule has 136 valence electrons. The lowest BCUT2D eigenvalue weighted by Gasteiger charge is -2.28. The van der Waals surface area contributed by atoms with E-state index in [0.29, 0.717) is 5.57 Å². The minimum absolute atomic E-state index is 0.00589. The highest BCUT2D eigenvalue weighted by atomic mass is 16.5. The Morgan fingerprint density at radius 1 is 1.31 bits per heavy atom. The first kappa shape index (κ1) is 18.4. The van der Waals surface area contributed by atoms with Crippen LogP contribution in [-0.2, 0) is 21.4 Å². The summed E-state index contributed by atoms with van der Waals surface area (Å²) in [6.07, 6.45) is 6.46. The van der Waals surface area contributed by atoms with Gasteiger partial charge in [-0.15, -0.1) is 0 Å². The molecule has 0 aromatic heterocycles. The summed E-state index contributed by atoms with van der Waals surface area (Å²) in [6.45, 7) is 13.0. The third-order valence-corrected chi connectivity index (χ3v) is 5.17. The SMILES string of the molecule is C=C1C(c2cc(C(C)(C)C)cc3c2CC(C)=C3)=C(C(N)=O)C=CC1OC. The smallest absolute Gasteiger partial charge is 0.249 e. The van der Waals surface area contributed by atoms with E-state index in [1.807, 2.05) is 6.08 Å². The number of carbonyl (C=O) groups is 1. The van der Waals surface area contributed by atoms with Gasteiger partial charge in [0.05, 0.1) is 0 Å². The maximum atomic E-state index is 12.1. The van der Waals surface area contributed by atoms with E-state index in [1.54, 1.807) is 13.2 Å². The van der Waals surface area contributed by atoms with Crippen molar-refractivity contribution in [3.05, 3.63) is 69.8 Å². The summed E-state index contributed by atoms with van der Waals surface area (Å²) < 4.78 is 5.54. The van der Waals surface area contributed by atoms with Crippen LogP contribution in [0.4, 0.5) is 0 Å². The average Bonchev–Trinajstić information content (AvgIpc) is 2.93. The van der Waals surface area contributed by atoms with Gasteiger partial charge in [0.2, 0.25) is 5.91 Å². The number of carbonyl (C=O) groups excluding carboxylic acids is 1. The van der Waals surface area contributed by atoms with Crippen LogP contribution in [0.1, 0.15) is 49.9 Å². The molecule has 0 saturated carbocycles. The van der Waals surface area contributed by atoms with Crippen LogP contribution in [0.5, 0.6) is 0 Å². The molecule has 0 saturated heterocycles. The second-order valence-electron chi connectivity index (χ2n) is 8.20. The Bertz CT molecular complexity index is 892. The molecule has 3 heteroatoms. The fourth-order valence-corrected chi connectivity index (χ4v) is 3.71. The summed E-state index contributed by atoms with van der Waals surface area (Å²) in [5, 5.41) is 0. The highest BCUT2D eigenvalue weighted by Gasteiger charge is 2.29. The first-order valence-corrected chi connectivity index (χ1v) is 8.92. The Balaban J connectivity index is 2.32. The monoisotopic (exact) mass is 349 g/mol. The van der Waals surface area contributed by atoms with E-state index in [9.17, 15) is 4.79 Å². The van der Waals surface area contributed by atoms with Crippen molar-refractivity contribution in [2.24, 2.45) is 5.73 Å². The molecule has 0 heterocycles. The number of benzene rings is 1. The normalized spacial score (nSPS) is 19.7. The molecule has 26 heavy (non-hydrogen) atoms. The van der Waals surface area contributed by atoms with Gasteiger partial charge in [0, 0.05) is 18.3 Å². The van der Waals surface area contributed by atoms with Gasteiger partial charge in [0.1, 0.15) is 6.10 Å². The molecule has 1 unspecified atom stereocenters. The molecule has 0 aliphatic heterocycles. The molecule has 0 radical (unpaired) electrons. The molecule has 3 nitrogen and oxygen atoms in total. The summed E-state index contributed by atoms with van der Waals surface area (Å²) in [5.41, 5.74) is 13.8. The first-order valence-electron chi connectivity index (χ1n) is 8.92. The quantitative estimate of drug-likeness (QED) is 0.883. The molecule has 1 aromatic rings. The van der Waals surface area contributed by atoms with Crippen LogP contribution in [0.2, 0.25) is 0 Å². The van der Waals surface area contributed by atoms with E-state index in [1.165, 1.54) is 22.3 Å². The van der Waals surface area contributed by atoms with Gasteiger partial charge in [-0.2, -0.15) is 0 Å². The van der Waals surface area contributed by atoms with Crippen LogP contribution in [0.15, 0.2) is 47.6 Å². The molecule has 0 spiro atoms. The second-order valence-corrected chi connectivity index (χ2v) is 8.20. The Kier molecular flexibility index (Phi) is 4.53. The van der Waals surface area contributed by atoms with E-state index in [-0.39, 0.29) is 11.5 Å². The second kappa shape index (κ2) is 6.40. The zero-order valence-corrected chi connectivity index (χ0v) is 16.3. The fourth-order valence-electron chi connectivity index (χ4n) is 3.71. The van der Waals surface area contributed by atoms with Crippen molar-refractivity contribution in [3.63, 3.8) is 0 Å². The first-order chi connectivity index (χ1) is 12.1. The van der Waals surface area contributed by atoms with E-state index in [2.05, 4.69) is 52.5 Å². The van der Waals surface area contributed by atoms with Crippen LogP contribution in [0.3, 0.4) is 0 Å². The highest BCUT2D eigenvalue weighted by Crippen LogP contribution is 2.41. The third-order valence-electron chi connectivity index (χ3n) is 5.17. The average molecular weight is 349 g/mol. The van der Waals surface area contributed by atoms with Gasteiger partial charge in [-0.1, -0.05) is 57.2 Å². The number of hydrogen-bond acceptors (Lipinski definition) is 2. The van der Waals surface area contributed by atoms with Gasteiger partial charge < -0.3 is 10.5 Å². The summed E-state index contributed by atoms with van der Waals surface area (Å²) in [4.78, 5) is 12.1. The van der Waals surface area contributed by atoms with Crippen molar-refractivity contribution in [3.8, 4) is 0 Å². The van der Waals surface area contributed by atoms with Crippen LogP contribution < -0.4 is 5.73 Å². The minimum Gasteiger partial charge on any atom is -0.373 e. The zero-order valence-electron chi connectivity index (χ0n) is 16.3. The standard InChI is InChI=1S/C23H27NO2/c1-13-9-15-11-16(23(3,4)5)12-19(18(15)10-13)21-14(2)20(26-6)8-7-17(21)22(24)25/h7-9,11-12,20H,2,10H2,1,3-6H3,(H2,24,25). The predicted octanol–water partition coefficient (Wildman–Crippen LogP) is 4.32. The lowest BCUT2D eigenvalue weighted by atomic mass is 9.78. The fraction of sp³-hybridized carbons (Fsp3) is 0.348. The number of methoxy groups -OCH3 is 1. The molecule has 2 N–H and O–H groups in total. The molecule has 1 atom stereocenters. The largest absolute Gasteiger partial charge is 0.373 e. The van der Waals surface area contributed by atoms with E-state index >= 15 is 0 Å². The molecular formula is C23H27NO2. The Morgan fingerprint density at radius 2 is 2.00 bits per heavy atom. The number of amides is 1. The maximum Gasteiger partial charge on any atom is 0.249 e. The summed E-state index contributed by atoms with van der Waals surface area (Å²) in [5.74, 6) is -0.440. The van der Waals surface area contributed by atoms with Crippen LogP contribution in [0.25, 0.3) is 11.6 Å². The number of allylic oxidation sites excluding steroid dienone is 1. The number of nitrogens with two attached hydrogens (primary N) is 1. The number of ether oxygens (including phenoxy) is 1. The minimum atomic E-state index is -0.440. The lowest BCUT2D eigenvalue weighted by Crippen LogP contribution is -2.23. The summed E-state index contributed by atoms with van der Waals surface area (Å²) in [6, 6.07) is 4.45. The molecule has 2 aliphatic carbocycles. The molecule has 1 aromatic carbocycles. The third kappa shape index (κ3) is 3.08. The van der Waals surface area contributed by atoms with Gasteiger partial charge in [-0.05, 0) is 52.7 Å². The van der Waals surface area contributed by atoms with E-state index in [0.717, 1.165) is 23.1 Å². The topological polar surface area (TPSA) is 52.3 Å². The molecule has 3 rings (SSSR count). The highest BCUT2D eigenvalue weighted by molar-refractivity contribution is 6.08. The van der Waals surface area contributed by atoms with E-state index < -0.39 is 5.91 Å². The molecule has 1 amide bonds. The van der Waals surface area contributed by atoms with Crippen molar-refractivity contribution >= 4 is 17.6 Å². The van der Waals surface area contributed by atoms with Crippen molar-refractivity contribution in [2.75, 3.05) is 7.11 Å². The van der Waals surface area contributed by atoms with Gasteiger partial charge >= 0.3 is 0 Å². The van der Waals surface area contributed by atoms with E-state index in [4.69, 9.17) is 10.5 Å². The number of primary amides is 1. The number of rotatable bonds is 3. The molecule has 2 aliphatic rings. The Hall–Kier alpha value is -2.39. The van der Waals surface area contributed by atoms with Gasteiger partial charge in [0.15, 0.2) is 0 Å². The summed E-state index contributed by atoms with van der Waals surface area (Å²) in [7, 11) is 1.65. The van der Waals surface area contributed by atoms with Crippen molar-refractivity contribution in [2.45, 2.75) is 45.6 Å². The number of fused-ring (bicyclic) bond motifs is 1. The van der Waals surface area contributed by atoms with Gasteiger partial charge in [-0.25, -0.2) is 0 Å². The molecule has 0 bridgehead atoms. The summed E-state index contributed by atoms with van der Waals surface area (Å²) >= 11 is 0. The predicted molar refractivity (Wildman–Crippen MR) is 108 cm³/mol. The Morgan fingerprint density at radius 3 is 2.58 bits per heavy atom. The van der Waals surface area contributed by atoms with Gasteiger partial charge in [-0.3, -0.25) is 4.79 Å². The van der Waals surface area contributed by atoms with Crippen LogP contribution >= 0.6 is 0 Å². The zero-order chi connectivity index (χ0) is 19.2.